The average molecular weight is 297 g/mol. The Labute approximate surface area is 124 Å². The fourth-order valence-corrected chi connectivity index (χ4v) is 2.63. The number of piperazine rings is 1. The average Bonchev–Trinajstić information content (AvgIpc) is 3.26. The molecule has 0 bridgehead atoms. The van der Waals surface area contributed by atoms with Crippen molar-refractivity contribution in [3.63, 3.8) is 0 Å². The molecule has 2 N–H and O–H groups in total. The van der Waals surface area contributed by atoms with E-state index in [0.29, 0.717) is 45.7 Å². The van der Waals surface area contributed by atoms with E-state index < -0.39 is 11.9 Å². The van der Waals surface area contributed by atoms with Crippen LogP contribution in [0.1, 0.15) is 19.8 Å². The minimum Gasteiger partial charge on any atom is -0.481 e. The predicted octanol–water partition coefficient (Wildman–Crippen LogP) is -0.622. The number of carbonyl (C=O) groups is 3. The first-order chi connectivity index (χ1) is 10.0. The van der Waals surface area contributed by atoms with E-state index in [1.54, 1.807) is 4.90 Å². The number of hydrogen-bond donors (Lipinski definition) is 2. The third-order valence-corrected chi connectivity index (χ3v) is 4.05. The number of rotatable bonds is 6. The molecule has 2 aliphatic rings. The summed E-state index contributed by atoms with van der Waals surface area (Å²) in [5.74, 6) is -1.72. The van der Waals surface area contributed by atoms with Gasteiger partial charge in [0.1, 0.15) is 0 Å². The summed E-state index contributed by atoms with van der Waals surface area (Å²) in [5.41, 5.74) is 0. The maximum absolute atomic E-state index is 12.1. The second kappa shape index (κ2) is 6.89. The maximum atomic E-state index is 12.1. The Kier molecular flexibility index (Phi) is 5.17. The van der Waals surface area contributed by atoms with Gasteiger partial charge in [-0.2, -0.15) is 0 Å². The fraction of sp³-hybridized carbons (Fsp3) is 0.786. The molecule has 21 heavy (non-hydrogen) atoms. The van der Waals surface area contributed by atoms with Gasteiger partial charge in [-0.25, -0.2) is 0 Å². The molecule has 0 aromatic carbocycles. The third-order valence-electron chi connectivity index (χ3n) is 4.05. The van der Waals surface area contributed by atoms with E-state index in [-0.39, 0.29) is 17.7 Å². The Bertz CT molecular complexity index is 418. The molecule has 118 valence electrons. The van der Waals surface area contributed by atoms with Gasteiger partial charge >= 0.3 is 5.97 Å². The number of amides is 2. The van der Waals surface area contributed by atoms with Crippen LogP contribution in [0.15, 0.2) is 0 Å². The van der Waals surface area contributed by atoms with Gasteiger partial charge in [0.2, 0.25) is 11.8 Å². The zero-order valence-corrected chi connectivity index (χ0v) is 12.4. The van der Waals surface area contributed by atoms with Crippen LogP contribution < -0.4 is 5.32 Å². The smallest absolute Gasteiger partial charge is 0.307 e. The molecule has 1 heterocycles. The van der Waals surface area contributed by atoms with Crippen LogP contribution in [0, 0.1) is 11.8 Å². The largest absolute Gasteiger partial charge is 0.481 e. The predicted molar refractivity (Wildman–Crippen MR) is 75.6 cm³/mol. The van der Waals surface area contributed by atoms with Crippen molar-refractivity contribution in [3.8, 4) is 0 Å². The first-order valence-electron chi connectivity index (χ1n) is 7.53. The van der Waals surface area contributed by atoms with Gasteiger partial charge in [-0.05, 0) is 12.8 Å². The summed E-state index contributed by atoms with van der Waals surface area (Å²) in [4.78, 5) is 38.3. The van der Waals surface area contributed by atoms with Crippen LogP contribution in [0.2, 0.25) is 0 Å². The lowest BCUT2D eigenvalue weighted by atomic mass is 10.2. The van der Waals surface area contributed by atoms with E-state index >= 15 is 0 Å². The second-order valence-corrected chi connectivity index (χ2v) is 5.74. The van der Waals surface area contributed by atoms with Crippen molar-refractivity contribution in [2.24, 2.45) is 11.8 Å². The molecule has 1 saturated carbocycles. The molecule has 2 rings (SSSR count). The lowest BCUT2D eigenvalue weighted by Gasteiger charge is -2.34. The maximum Gasteiger partial charge on any atom is 0.307 e. The SMILES string of the molecule is CCCNC(=O)CN1CCN(C(=O)C2CC2C(=O)O)CC1. The van der Waals surface area contributed by atoms with Crippen LogP contribution in [-0.4, -0.2) is 72.0 Å². The molecule has 0 aromatic rings. The van der Waals surface area contributed by atoms with Crippen LogP contribution in [0.5, 0.6) is 0 Å². The number of nitrogens with zero attached hydrogens (tertiary/aromatic N) is 2. The lowest BCUT2D eigenvalue weighted by molar-refractivity contribution is -0.142. The standard InChI is InChI=1S/C14H23N3O4/c1-2-3-15-12(18)9-16-4-6-17(7-5-16)13(19)10-8-11(10)14(20)21/h10-11H,2-9H2,1H3,(H,15,18)(H,20,21). The van der Waals surface area contributed by atoms with Gasteiger partial charge in [-0.15, -0.1) is 0 Å². The summed E-state index contributed by atoms with van der Waals surface area (Å²) in [6, 6.07) is 0. The van der Waals surface area contributed by atoms with Gasteiger partial charge in [-0.1, -0.05) is 6.92 Å². The fourth-order valence-electron chi connectivity index (χ4n) is 2.63. The van der Waals surface area contributed by atoms with E-state index in [1.165, 1.54) is 0 Å². The zero-order chi connectivity index (χ0) is 15.4. The third kappa shape index (κ3) is 4.17. The van der Waals surface area contributed by atoms with Gasteiger partial charge in [0.05, 0.1) is 18.4 Å². The molecule has 1 aliphatic carbocycles. The normalized spacial score (nSPS) is 25.5. The van der Waals surface area contributed by atoms with Crippen LogP contribution in [-0.2, 0) is 14.4 Å². The molecule has 0 spiro atoms. The Morgan fingerprint density at radius 1 is 1.14 bits per heavy atom. The summed E-state index contributed by atoms with van der Waals surface area (Å²) in [6.07, 6.45) is 1.38. The second-order valence-electron chi connectivity index (χ2n) is 5.74. The van der Waals surface area contributed by atoms with Crippen molar-refractivity contribution in [2.45, 2.75) is 19.8 Å². The van der Waals surface area contributed by atoms with Crippen molar-refractivity contribution in [1.29, 1.82) is 0 Å². The highest BCUT2D eigenvalue weighted by Gasteiger charge is 2.49. The van der Waals surface area contributed by atoms with E-state index in [0.717, 1.165) is 6.42 Å². The minimum absolute atomic E-state index is 0.0183. The molecular weight excluding hydrogens is 274 g/mol. The summed E-state index contributed by atoms with van der Waals surface area (Å²) in [5, 5.41) is 11.7. The molecule has 0 aromatic heterocycles. The number of hydrogen-bond acceptors (Lipinski definition) is 4. The Morgan fingerprint density at radius 2 is 1.81 bits per heavy atom. The highest BCUT2D eigenvalue weighted by Crippen LogP contribution is 2.40. The summed E-state index contributed by atoms with van der Waals surface area (Å²) in [6.45, 7) is 5.53. The molecule has 2 fully saturated rings. The van der Waals surface area contributed by atoms with Crippen molar-refractivity contribution in [1.82, 2.24) is 15.1 Å². The molecule has 0 radical (unpaired) electrons. The summed E-state index contributed by atoms with van der Waals surface area (Å²) in [7, 11) is 0. The molecule has 7 nitrogen and oxygen atoms in total. The molecule has 1 saturated heterocycles. The Morgan fingerprint density at radius 3 is 2.33 bits per heavy atom. The molecular formula is C14H23N3O4. The summed E-state index contributed by atoms with van der Waals surface area (Å²) >= 11 is 0. The van der Waals surface area contributed by atoms with Crippen molar-refractivity contribution in [2.75, 3.05) is 39.3 Å². The topological polar surface area (TPSA) is 90.0 Å². The van der Waals surface area contributed by atoms with E-state index in [4.69, 9.17) is 5.11 Å². The van der Waals surface area contributed by atoms with E-state index in [2.05, 4.69) is 5.32 Å². The number of carboxylic acids is 1. The first-order valence-corrected chi connectivity index (χ1v) is 7.53. The number of carboxylic acid groups (broad SMARTS) is 1. The van der Waals surface area contributed by atoms with Gasteiger partial charge < -0.3 is 15.3 Å². The summed E-state index contributed by atoms with van der Waals surface area (Å²) < 4.78 is 0. The molecule has 1 aliphatic heterocycles. The highest BCUT2D eigenvalue weighted by molar-refractivity contribution is 5.89. The first kappa shape index (κ1) is 15.8. The molecule has 7 heteroatoms. The van der Waals surface area contributed by atoms with Crippen molar-refractivity contribution >= 4 is 17.8 Å². The number of nitrogens with one attached hydrogen (secondary N) is 1. The lowest BCUT2D eigenvalue weighted by Crippen LogP contribution is -2.51. The molecule has 2 atom stereocenters. The minimum atomic E-state index is -0.875. The van der Waals surface area contributed by atoms with Gasteiger partial charge in [0, 0.05) is 32.7 Å². The quantitative estimate of drug-likeness (QED) is 0.682. The van der Waals surface area contributed by atoms with Crippen LogP contribution in [0.3, 0.4) is 0 Å². The Balaban J connectivity index is 1.70. The number of aliphatic carboxylic acids is 1. The highest BCUT2D eigenvalue weighted by atomic mass is 16.4. The molecule has 2 amide bonds. The zero-order valence-electron chi connectivity index (χ0n) is 12.4. The van der Waals surface area contributed by atoms with Crippen LogP contribution >= 0.6 is 0 Å². The van der Waals surface area contributed by atoms with E-state index in [9.17, 15) is 14.4 Å². The van der Waals surface area contributed by atoms with E-state index in [1.807, 2.05) is 11.8 Å². The monoisotopic (exact) mass is 297 g/mol. The van der Waals surface area contributed by atoms with Crippen LogP contribution in [0.25, 0.3) is 0 Å². The molecule has 2 unspecified atom stereocenters. The number of carbonyl (C=O) groups excluding carboxylic acids is 2. The van der Waals surface area contributed by atoms with Crippen LogP contribution in [0.4, 0.5) is 0 Å². The van der Waals surface area contributed by atoms with Gasteiger partial charge in [-0.3, -0.25) is 19.3 Å². The van der Waals surface area contributed by atoms with Crippen molar-refractivity contribution in [3.05, 3.63) is 0 Å². The Hall–Kier alpha value is -1.63. The van der Waals surface area contributed by atoms with Gasteiger partial charge in [0.25, 0.3) is 0 Å². The van der Waals surface area contributed by atoms with Gasteiger partial charge in [0.15, 0.2) is 0 Å². The van der Waals surface area contributed by atoms with Crippen molar-refractivity contribution < 1.29 is 19.5 Å².